The molecule has 37 heavy (non-hydrogen) atoms. The predicted octanol–water partition coefficient (Wildman–Crippen LogP) is 4.18. The zero-order valence-corrected chi connectivity index (χ0v) is 21.9. The van der Waals surface area contributed by atoms with Gasteiger partial charge in [0.2, 0.25) is 11.8 Å². The van der Waals surface area contributed by atoms with Crippen LogP contribution in [0.15, 0.2) is 41.3 Å². The quantitative estimate of drug-likeness (QED) is 0.358. The number of carbonyl (C=O) groups excluding carboxylic acids is 2. The van der Waals surface area contributed by atoms with Gasteiger partial charge in [0.25, 0.3) is 0 Å². The molecule has 6 rings (SSSR count). The lowest BCUT2D eigenvalue weighted by atomic mass is 9.66. The van der Waals surface area contributed by atoms with E-state index < -0.39 is 11.9 Å². The van der Waals surface area contributed by atoms with Gasteiger partial charge in [-0.15, -0.1) is 0 Å². The SMILES string of the molecule is Cc1cc(F)c2c(c1)c1c(N)ncnc1n2CC(=O)N1[C@H](C(=O)Nc2cccc(Br)n2)C[C@@]2(C)CC[C@@H]12. The van der Waals surface area contributed by atoms with Gasteiger partial charge in [0.1, 0.15) is 46.6 Å². The molecule has 2 fully saturated rings. The smallest absolute Gasteiger partial charge is 0.248 e. The Morgan fingerprint density at radius 2 is 2.11 bits per heavy atom. The van der Waals surface area contributed by atoms with Gasteiger partial charge in [-0.05, 0) is 77.4 Å². The Hall–Kier alpha value is -3.60. The maximum atomic E-state index is 15.3. The van der Waals surface area contributed by atoms with E-state index >= 15 is 4.39 Å². The number of aromatic nitrogens is 4. The van der Waals surface area contributed by atoms with Crippen molar-refractivity contribution in [3.8, 4) is 0 Å². The fourth-order valence-electron chi connectivity index (χ4n) is 6.02. The van der Waals surface area contributed by atoms with E-state index in [1.807, 2.05) is 6.07 Å². The number of rotatable bonds is 4. The number of hydrogen-bond donors (Lipinski definition) is 2. The molecule has 0 radical (unpaired) electrons. The summed E-state index contributed by atoms with van der Waals surface area (Å²) >= 11 is 3.32. The third-order valence-electron chi connectivity index (χ3n) is 7.83. The number of aryl methyl sites for hydroxylation is 1. The van der Waals surface area contributed by atoms with Crippen molar-refractivity contribution in [1.29, 1.82) is 0 Å². The van der Waals surface area contributed by atoms with Crippen LogP contribution in [0.25, 0.3) is 21.9 Å². The number of hydrogen-bond acceptors (Lipinski definition) is 6. The number of anilines is 2. The molecule has 11 heteroatoms. The van der Waals surface area contributed by atoms with E-state index in [4.69, 9.17) is 5.73 Å². The summed E-state index contributed by atoms with van der Waals surface area (Å²) in [5, 5.41) is 3.93. The fraction of sp³-hybridized carbons (Fsp3) is 0.346. The molecule has 2 aliphatic rings. The first kappa shape index (κ1) is 23.8. The lowest BCUT2D eigenvalue weighted by molar-refractivity contribution is -0.141. The Labute approximate surface area is 220 Å². The van der Waals surface area contributed by atoms with Crippen LogP contribution < -0.4 is 11.1 Å². The van der Waals surface area contributed by atoms with Gasteiger partial charge in [0.05, 0.1) is 10.9 Å². The van der Waals surface area contributed by atoms with Gasteiger partial charge < -0.3 is 20.5 Å². The Balaban J connectivity index is 1.38. The number of likely N-dealkylation sites (tertiary alicyclic amines) is 1. The van der Waals surface area contributed by atoms with Crippen molar-refractivity contribution in [3.63, 3.8) is 0 Å². The number of nitrogens with one attached hydrogen (secondary N) is 1. The third kappa shape index (κ3) is 3.75. The average Bonchev–Trinajstić information content (AvgIpc) is 3.24. The number of pyridine rings is 1. The Bertz CT molecular complexity index is 1610. The van der Waals surface area contributed by atoms with E-state index in [-0.39, 0.29) is 41.2 Å². The van der Waals surface area contributed by atoms with Crippen LogP contribution in [0.2, 0.25) is 0 Å². The van der Waals surface area contributed by atoms with Crippen molar-refractivity contribution in [1.82, 2.24) is 24.4 Å². The van der Waals surface area contributed by atoms with Crippen LogP contribution in [0.3, 0.4) is 0 Å². The fourth-order valence-corrected chi connectivity index (χ4v) is 6.36. The lowest BCUT2D eigenvalue weighted by Gasteiger charge is -2.44. The number of nitrogen functional groups attached to an aromatic ring is 1. The Kier molecular flexibility index (Phi) is 5.45. The standard InChI is InChI=1S/C26H25BrFN7O2/c1-13-8-14-21-23(29)30-12-31-24(21)34(22(14)15(28)9-13)11-20(36)35-16(10-26(2)7-6-17(26)35)25(37)33-19-5-3-4-18(27)32-19/h3-5,8-9,12,16-17H,6-7,10-11H2,1-2H3,(H2,29,30,31)(H,32,33,37)/t16-,17+,26+/m0/s1. The first-order valence-electron chi connectivity index (χ1n) is 12.1. The number of carbonyl (C=O) groups is 2. The minimum absolute atomic E-state index is 0.0638. The van der Waals surface area contributed by atoms with Gasteiger partial charge in [-0.25, -0.2) is 19.3 Å². The summed E-state index contributed by atoms with van der Waals surface area (Å²) in [6.45, 7) is 3.73. The minimum Gasteiger partial charge on any atom is -0.383 e. The summed E-state index contributed by atoms with van der Waals surface area (Å²) in [4.78, 5) is 41.7. The van der Waals surface area contributed by atoms with Gasteiger partial charge in [0.15, 0.2) is 0 Å². The predicted molar refractivity (Wildman–Crippen MR) is 141 cm³/mol. The van der Waals surface area contributed by atoms with E-state index in [0.29, 0.717) is 33.3 Å². The van der Waals surface area contributed by atoms with Gasteiger partial charge in [-0.3, -0.25) is 9.59 Å². The van der Waals surface area contributed by atoms with Gasteiger partial charge in [0, 0.05) is 11.4 Å². The molecule has 1 saturated carbocycles. The molecule has 0 bridgehead atoms. The zero-order chi connectivity index (χ0) is 26.1. The van der Waals surface area contributed by atoms with E-state index in [2.05, 4.69) is 43.1 Å². The molecule has 1 saturated heterocycles. The maximum absolute atomic E-state index is 15.3. The molecule has 1 aliphatic heterocycles. The van der Waals surface area contributed by atoms with Gasteiger partial charge in [-0.1, -0.05) is 13.0 Å². The summed E-state index contributed by atoms with van der Waals surface area (Å²) in [5.74, 6) is -0.400. The number of nitrogens with zero attached hydrogens (tertiary/aromatic N) is 5. The maximum Gasteiger partial charge on any atom is 0.248 e. The molecular formula is C26H25BrFN7O2. The second-order valence-electron chi connectivity index (χ2n) is 10.3. The minimum atomic E-state index is -0.661. The molecular weight excluding hydrogens is 541 g/mol. The molecule has 0 spiro atoms. The molecule has 4 aromatic rings. The number of amides is 2. The molecule has 190 valence electrons. The van der Waals surface area contributed by atoms with Crippen molar-refractivity contribution in [2.24, 2.45) is 5.41 Å². The Morgan fingerprint density at radius 1 is 1.30 bits per heavy atom. The van der Waals surface area contributed by atoms with Crippen LogP contribution in [-0.2, 0) is 16.1 Å². The largest absolute Gasteiger partial charge is 0.383 e. The highest BCUT2D eigenvalue weighted by molar-refractivity contribution is 9.10. The molecule has 3 atom stereocenters. The molecule has 1 aliphatic carbocycles. The molecule has 3 aromatic heterocycles. The number of fused-ring (bicyclic) bond motifs is 4. The lowest BCUT2D eigenvalue weighted by Crippen LogP contribution is -2.52. The van der Waals surface area contributed by atoms with Crippen LogP contribution in [-0.4, -0.2) is 48.3 Å². The van der Waals surface area contributed by atoms with E-state index in [9.17, 15) is 9.59 Å². The van der Waals surface area contributed by atoms with E-state index in [1.165, 1.54) is 12.4 Å². The highest BCUT2D eigenvalue weighted by Crippen LogP contribution is 2.54. The van der Waals surface area contributed by atoms with Crippen LogP contribution in [0, 0.1) is 18.2 Å². The highest BCUT2D eigenvalue weighted by Gasteiger charge is 2.58. The monoisotopic (exact) mass is 565 g/mol. The van der Waals surface area contributed by atoms with Crippen molar-refractivity contribution in [2.45, 2.75) is 51.7 Å². The molecule has 0 unspecified atom stereocenters. The summed E-state index contributed by atoms with van der Waals surface area (Å²) in [6, 6.07) is 7.77. The topological polar surface area (TPSA) is 119 Å². The first-order chi connectivity index (χ1) is 17.7. The Morgan fingerprint density at radius 3 is 2.84 bits per heavy atom. The van der Waals surface area contributed by atoms with Crippen molar-refractivity contribution in [2.75, 3.05) is 11.1 Å². The summed E-state index contributed by atoms with van der Waals surface area (Å²) in [5.41, 5.74) is 7.37. The average molecular weight is 566 g/mol. The van der Waals surface area contributed by atoms with Crippen LogP contribution in [0.1, 0.15) is 31.7 Å². The van der Waals surface area contributed by atoms with Crippen LogP contribution in [0.5, 0.6) is 0 Å². The second kappa shape index (κ2) is 8.47. The normalized spacial score (nSPS) is 22.8. The van der Waals surface area contributed by atoms with Crippen LogP contribution >= 0.6 is 15.9 Å². The zero-order valence-electron chi connectivity index (χ0n) is 20.3. The molecule has 9 nitrogen and oxygen atoms in total. The first-order valence-corrected chi connectivity index (χ1v) is 12.9. The van der Waals surface area contributed by atoms with Crippen molar-refractivity contribution in [3.05, 3.63) is 52.6 Å². The summed E-state index contributed by atoms with van der Waals surface area (Å²) in [7, 11) is 0. The number of halogens is 2. The number of nitrogens with two attached hydrogens (primary N) is 1. The molecule has 3 N–H and O–H groups in total. The van der Waals surface area contributed by atoms with Gasteiger partial charge in [-0.2, -0.15) is 0 Å². The molecule has 2 amide bonds. The highest BCUT2D eigenvalue weighted by atomic mass is 79.9. The summed E-state index contributed by atoms with van der Waals surface area (Å²) in [6.07, 6.45) is 3.62. The van der Waals surface area contributed by atoms with Crippen molar-refractivity contribution < 1.29 is 14.0 Å². The number of benzene rings is 1. The third-order valence-corrected chi connectivity index (χ3v) is 8.28. The van der Waals surface area contributed by atoms with E-state index in [1.54, 1.807) is 34.6 Å². The molecule has 1 aromatic carbocycles. The van der Waals surface area contributed by atoms with E-state index in [0.717, 1.165) is 18.4 Å². The second-order valence-corrected chi connectivity index (χ2v) is 11.1. The van der Waals surface area contributed by atoms with Gasteiger partial charge >= 0.3 is 0 Å². The molecule has 4 heterocycles. The van der Waals surface area contributed by atoms with Crippen molar-refractivity contribution >= 4 is 61.3 Å². The van der Waals surface area contributed by atoms with Crippen LogP contribution in [0.4, 0.5) is 16.0 Å². The summed E-state index contributed by atoms with van der Waals surface area (Å²) < 4.78 is 17.4.